The molecule has 1 amide bonds. The molecule has 31 heavy (non-hydrogen) atoms. The molecule has 1 aliphatic heterocycles. The van der Waals surface area contributed by atoms with Gasteiger partial charge in [0.2, 0.25) is 0 Å². The zero-order valence-electron chi connectivity index (χ0n) is 17.9. The molecule has 10 heteroatoms. The quantitative estimate of drug-likeness (QED) is 0.493. The molecule has 1 aliphatic rings. The van der Waals surface area contributed by atoms with Crippen molar-refractivity contribution in [3.05, 3.63) is 53.9 Å². The van der Waals surface area contributed by atoms with Gasteiger partial charge in [-0.15, -0.1) is 0 Å². The van der Waals surface area contributed by atoms with Crippen LogP contribution in [0.3, 0.4) is 0 Å². The number of nitrogens with zero attached hydrogens (tertiary/aromatic N) is 9. The minimum Gasteiger partial charge on any atom is -0.335 e. The summed E-state index contributed by atoms with van der Waals surface area (Å²) in [5.74, 6) is -0.0552. The molecule has 0 aromatic carbocycles. The van der Waals surface area contributed by atoms with E-state index in [2.05, 4.69) is 25.2 Å². The van der Waals surface area contributed by atoms with Crippen LogP contribution in [0.25, 0.3) is 16.9 Å². The number of piperazine rings is 1. The molecule has 5 heterocycles. The fourth-order valence-corrected chi connectivity index (χ4v) is 4.04. The van der Waals surface area contributed by atoms with Crippen LogP contribution in [-0.2, 0) is 20.6 Å². The number of fused-ring (bicyclic) bond motifs is 1. The summed E-state index contributed by atoms with van der Waals surface area (Å²) in [6, 6.07) is 3.66. The molecule has 5 rings (SSSR count). The summed E-state index contributed by atoms with van der Waals surface area (Å²) in [7, 11) is 3.83. The summed E-state index contributed by atoms with van der Waals surface area (Å²) in [5.41, 5.74) is 5.13. The molecule has 1 saturated heterocycles. The standard InChI is InChI=1S/C21H25N9O/c1-15-17(12-24-27(15)3)19-4-5-22-20-10-18(25-30(19)20)21(31)29-8-6-28(7-9-29)14-16-11-23-26(2)13-16/h4-5,10-13H,6-9,14H2,1-3H3. The Morgan fingerprint density at radius 3 is 2.58 bits per heavy atom. The smallest absolute Gasteiger partial charge is 0.274 e. The van der Waals surface area contributed by atoms with Gasteiger partial charge in [0.15, 0.2) is 11.3 Å². The number of carbonyl (C=O) groups is 1. The van der Waals surface area contributed by atoms with Crippen molar-refractivity contribution in [3.8, 4) is 11.3 Å². The summed E-state index contributed by atoms with van der Waals surface area (Å²) in [6.07, 6.45) is 7.48. The first-order chi connectivity index (χ1) is 15.0. The van der Waals surface area contributed by atoms with Crippen LogP contribution in [0, 0.1) is 6.92 Å². The predicted molar refractivity (Wildman–Crippen MR) is 114 cm³/mol. The monoisotopic (exact) mass is 419 g/mol. The molecule has 0 atom stereocenters. The fourth-order valence-electron chi connectivity index (χ4n) is 4.04. The van der Waals surface area contributed by atoms with E-state index in [9.17, 15) is 4.79 Å². The SMILES string of the molecule is Cc1c(-c2ccnc3cc(C(=O)N4CCN(Cc5cnn(C)c5)CC4)nn23)cnn1C. The minimum atomic E-state index is -0.0552. The molecular weight excluding hydrogens is 394 g/mol. The molecule has 0 radical (unpaired) electrons. The van der Waals surface area contributed by atoms with Gasteiger partial charge in [-0.3, -0.25) is 19.1 Å². The third kappa shape index (κ3) is 3.59. The van der Waals surface area contributed by atoms with Gasteiger partial charge in [0, 0.05) is 82.1 Å². The number of carbonyl (C=O) groups excluding carboxylic acids is 1. The van der Waals surface area contributed by atoms with Crippen LogP contribution in [0.5, 0.6) is 0 Å². The summed E-state index contributed by atoms with van der Waals surface area (Å²) >= 11 is 0. The van der Waals surface area contributed by atoms with E-state index in [1.807, 2.05) is 59.9 Å². The van der Waals surface area contributed by atoms with Crippen LogP contribution in [-0.4, -0.2) is 76.0 Å². The second kappa shape index (κ2) is 7.62. The maximum absolute atomic E-state index is 13.1. The average Bonchev–Trinajstić information content (AvgIpc) is 3.47. The van der Waals surface area contributed by atoms with Gasteiger partial charge in [-0.05, 0) is 13.0 Å². The van der Waals surface area contributed by atoms with Crippen molar-refractivity contribution >= 4 is 11.6 Å². The van der Waals surface area contributed by atoms with Gasteiger partial charge in [-0.2, -0.15) is 15.3 Å². The number of rotatable bonds is 4. The highest BCUT2D eigenvalue weighted by Crippen LogP contribution is 2.23. The zero-order chi connectivity index (χ0) is 21.5. The third-order valence-corrected chi connectivity index (χ3v) is 5.91. The van der Waals surface area contributed by atoms with Gasteiger partial charge in [0.25, 0.3) is 5.91 Å². The highest BCUT2D eigenvalue weighted by atomic mass is 16.2. The second-order valence-corrected chi connectivity index (χ2v) is 7.99. The number of aromatic nitrogens is 7. The summed E-state index contributed by atoms with van der Waals surface area (Å²) in [4.78, 5) is 21.7. The van der Waals surface area contributed by atoms with Crippen LogP contribution < -0.4 is 0 Å². The number of hydrogen-bond donors (Lipinski definition) is 0. The molecule has 160 valence electrons. The molecule has 0 N–H and O–H groups in total. The van der Waals surface area contributed by atoms with Crippen molar-refractivity contribution < 1.29 is 4.79 Å². The Balaban J connectivity index is 1.32. The van der Waals surface area contributed by atoms with Crippen LogP contribution in [0.1, 0.15) is 21.7 Å². The molecular formula is C21H25N9O. The molecule has 0 bridgehead atoms. The maximum Gasteiger partial charge on any atom is 0.274 e. The summed E-state index contributed by atoms with van der Waals surface area (Å²) < 4.78 is 5.37. The van der Waals surface area contributed by atoms with Crippen LogP contribution in [0.2, 0.25) is 0 Å². The molecule has 0 spiro atoms. The van der Waals surface area contributed by atoms with Crippen molar-refractivity contribution in [2.45, 2.75) is 13.5 Å². The number of hydrogen-bond acceptors (Lipinski definition) is 6. The van der Waals surface area contributed by atoms with Gasteiger partial charge < -0.3 is 4.90 Å². The Morgan fingerprint density at radius 2 is 1.90 bits per heavy atom. The van der Waals surface area contributed by atoms with Crippen LogP contribution in [0.4, 0.5) is 0 Å². The zero-order valence-corrected chi connectivity index (χ0v) is 17.9. The van der Waals surface area contributed by atoms with Crippen molar-refractivity contribution in [2.75, 3.05) is 26.2 Å². The van der Waals surface area contributed by atoms with Gasteiger partial charge in [-0.1, -0.05) is 0 Å². The van der Waals surface area contributed by atoms with E-state index in [4.69, 9.17) is 0 Å². The lowest BCUT2D eigenvalue weighted by molar-refractivity contribution is 0.0622. The van der Waals surface area contributed by atoms with Crippen molar-refractivity contribution in [1.82, 2.24) is 44.0 Å². The lowest BCUT2D eigenvalue weighted by atomic mass is 10.2. The van der Waals surface area contributed by atoms with Gasteiger partial charge in [0.05, 0.1) is 18.1 Å². The lowest BCUT2D eigenvalue weighted by Crippen LogP contribution is -2.48. The van der Waals surface area contributed by atoms with Crippen LogP contribution in [0.15, 0.2) is 36.9 Å². The average molecular weight is 419 g/mol. The summed E-state index contributed by atoms with van der Waals surface area (Å²) in [6.45, 7) is 5.86. The van der Waals surface area contributed by atoms with E-state index >= 15 is 0 Å². The molecule has 1 fully saturated rings. The van der Waals surface area contributed by atoms with E-state index in [1.165, 1.54) is 5.56 Å². The van der Waals surface area contributed by atoms with E-state index < -0.39 is 0 Å². The summed E-state index contributed by atoms with van der Waals surface area (Å²) in [5, 5.41) is 13.2. The number of aryl methyl sites for hydroxylation is 2. The Hall–Kier alpha value is -3.53. The maximum atomic E-state index is 13.1. The Labute approximate surface area is 179 Å². The number of amides is 1. The van der Waals surface area contributed by atoms with Gasteiger partial charge >= 0.3 is 0 Å². The molecule has 0 aliphatic carbocycles. The van der Waals surface area contributed by atoms with Crippen LogP contribution >= 0.6 is 0 Å². The molecule has 0 saturated carbocycles. The van der Waals surface area contributed by atoms with Crippen molar-refractivity contribution in [3.63, 3.8) is 0 Å². The van der Waals surface area contributed by atoms with Gasteiger partial charge in [-0.25, -0.2) is 9.50 Å². The van der Waals surface area contributed by atoms with E-state index in [0.29, 0.717) is 24.4 Å². The largest absolute Gasteiger partial charge is 0.335 e. The topological polar surface area (TPSA) is 89.4 Å². The predicted octanol–water partition coefficient (Wildman–Crippen LogP) is 1.13. The Bertz CT molecular complexity index is 1240. The molecule has 4 aromatic heterocycles. The first kappa shape index (κ1) is 19.4. The molecule has 0 unspecified atom stereocenters. The van der Waals surface area contributed by atoms with Crippen molar-refractivity contribution in [2.24, 2.45) is 14.1 Å². The Morgan fingerprint density at radius 1 is 1.10 bits per heavy atom. The Kier molecular flexibility index (Phi) is 4.78. The van der Waals surface area contributed by atoms with Crippen molar-refractivity contribution in [1.29, 1.82) is 0 Å². The van der Waals surface area contributed by atoms with E-state index in [0.717, 1.165) is 36.6 Å². The van der Waals surface area contributed by atoms with E-state index in [1.54, 1.807) is 16.8 Å². The molecule has 4 aromatic rings. The van der Waals surface area contributed by atoms with Gasteiger partial charge in [0.1, 0.15) is 0 Å². The van der Waals surface area contributed by atoms with E-state index in [-0.39, 0.29) is 5.91 Å². The first-order valence-electron chi connectivity index (χ1n) is 10.3. The minimum absolute atomic E-state index is 0.0552. The lowest BCUT2D eigenvalue weighted by Gasteiger charge is -2.34. The molecule has 10 nitrogen and oxygen atoms in total. The highest BCUT2D eigenvalue weighted by Gasteiger charge is 2.25. The highest BCUT2D eigenvalue weighted by molar-refractivity contribution is 5.93. The second-order valence-electron chi connectivity index (χ2n) is 7.99. The first-order valence-corrected chi connectivity index (χ1v) is 10.3. The normalized spacial score (nSPS) is 15.1. The fraction of sp³-hybridized carbons (Fsp3) is 0.381. The third-order valence-electron chi connectivity index (χ3n) is 5.91.